The van der Waals surface area contributed by atoms with Crippen LogP contribution in [-0.2, 0) is 19.9 Å². The fourth-order valence-electron chi connectivity index (χ4n) is 1.30. The molecule has 87 valence electrons. The first-order valence-corrected chi connectivity index (χ1v) is 7.91. The molecule has 0 aromatic heterocycles. The average Bonchev–Trinajstić information content (AvgIpc) is 2.26. The number of rotatable bonds is 3. The summed E-state index contributed by atoms with van der Waals surface area (Å²) in [4.78, 5) is 0. The van der Waals surface area contributed by atoms with Crippen LogP contribution in [0.1, 0.15) is 0 Å². The van der Waals surface area contributed by atoms with Gasteiger partial charge in [0.15, 0.2) is 9.84 Å². The van der Waals surface area contributed by atoms with Crippen LogP contribution in [0.2, 0.25) is 0 Å². The second-order valence-electron chi connectivity index (χ2n) is 3.33. The SMILES string of the molecule is C=CCS(=O)(=O)N1C[CH]CS(=O)(=O)CC1. The highest BCUT2D eigenvalue weighted by Gasteiger charge is 2.26. The van der Waals surface area contributed by atoms with Crippen molar-refractivity contribution >= 4 is 19.9 Å². The number of sulfonamides is 1. The largest absolute Gasteiger partial charge is 0.229 e. The smallest absolute Gasteiger partial charge is 0.217 e. The maximum Gasteiger partial charge on any atom is 0.217 e. The monoisotopic (exact) mass is 252 g/mol. The van der Waals surface area contributed by atoms with Crippen molar-refractivity contribution in [3.63, 3.8) is 0 Å². The van der Waals surface area contributed by atoms with Gasteiger partial charge in [0.1, 0.15) is 0 Å². The van der Waals surface area contributed by atoms with E-state index in [4.69, 9.17) is 0 Å². The van der Waals surface area contributed by atoms with Gasteiger partial charge in [-0.15, -0.1) is 6.58 Å². The van der Waals surface area contributed by atoms with Gasteiger partial charge >= 0.3 is 0 Å². The molecule has 0 saturated carbocycles. The van der Waals surface area contributed by atoms with Gasteiger partial charge in [-0.1, -0.05) is 6.08 Å². The Kier molecular flexibility index (Phi) is 3.91. The highest BCUT2D eigenvalue weighted by molar-refractivity contribution is 7.91. The van der Waals surface area contributed by atoms with Crippen LogP contribution in [-0.4, -0.2) is 51.5 Å². The molecule has 0 atom stereocenters. The van der Waals surface area contributed by atoms with Crippen molar-refractivity contribution in [1.82, 2.24) is 4.31 Å². The highest BCUT2D eigenvalue weighted by Crippen LogP contribution is 2.09. The first-order valence-electron chi connectivity index (χ1n) is 4.48. The second kappa shape index (κ2) is 4.63. The molecule has 1 fully saturated rings. The molecule has 0 spiro atoms. The second-order valence-corrected chi connectivity index (χ2v) is 7.57. The normalized spacial score (nSPS) is 23.2. The molecule has 15 heavy (non-hydrogen) atoms. The lowest BCUT2D eigenvalue weighted by Gasteiger charge is -2.17. The summed E-state index contributed by atoms with van der Waals surface area (Å²) in [6, 6.07) is 0. The molecule has 1 saturated heterocycles. The number of nitrogens with zero attached hydrogens (tertiary/aromatic N) is 1. The molecule has 1 heterocycles. The minimum Gasteiger partial charge on any atom is -0.229 e. The topological polar surface area (TPSA) is 71.5 Å². The minimum atomic E-state index is -3.39. The molecule has 1 aliphatic rings. The van der Waals surface area contributed by atoms with E-state index < -0.39 is 19.9 Å². The van der Waals surface area contributed by atoms with Gasteiger partial charge in [-0.25, -0.2) is 21.1 Å². The summed E-state index contributed by atoms with van der Waals surface area (Å²) in [7, 11) is -6.50. The Hall–Kier alpha value is -0.400. The van der Waals surface area contributed by atoms with Crippen LogP contribution in [0.25, 0.3) is 0 Å². The van der Waals surface area contributed by atoms with E-state index in [9.17, 15) is 16.8 Å². The minimum absolute atomic E-state index is 0.0367. The van der Waals surface area contributed by atoms with E-state index in [0.717, 1.165) is 0 Å². The Labute approximate surface area is 90.7 Å². The standard InChI is InChI=1S/C8H14NO4S2/c1-2-6-15(12,13)9-4-3-7-14(10,11)8-5-9/h2-3H,1,4-8H2. The Morgan fingerprint density at radius 3 is 2.73 bits per heavy atom. The summed E-state index contributed by atoms with van der Waals surface area (Å²) < 4.78 is 46.8. The number of sulfone groups is 1. The van der Waals surface area contributed by atoms with Crippen molar-refractivity contribution in [3.8, 4) is 0 Å². The lowest BCUT2D eigenvalue weighted by molar-refractivity contribution is 0.458. The first-order chi connectivity index (χ1) is 6.87. The number of hydrogen-bond acceptors (Lipinski definition) is 4. The van der Waals surface area contributed by atoms with E-state index in [1.165, 1.54) is 16.8 Å². The summed E-state index contributed by atoms with van der Waals surface area (Å²) in [5.74, 6) is -0.312. The Bertz CT molecular complexity index is 424. The van der Waals surface area contributed by atoms with E-state index in [1.54, 1.807) is 0 Å². The molecule has 1 aliphatic heterocycles. The van der Waals surface area contributed by atoms with Gasteiger partial charge in [-0.05, 0) is 6.42 Å². The molecule has 0 aliphatic carbocycles. The van der Waals surface area contributed by atoms with E-state index in [1.807, 2.05) is 0 Å². The lowest BCUT2D eigenvalue weighted by atomic mass is 10.5. The van der Waals surface area contributed by atoms with Crippen LogP contribution in [0.5, 0.6) is 0 Å². The first kappa shape index (κ1) is 12.7. The van der Waals surface area contributed by atoms with Crippen LogP contribution in [0, 0.1) is 6.42 Å². The van der Waals surface area contributed by atoms with Crippen LogP contribution in [0.15, 0.2) is 12.7 Å². The molecule has 5 nitrogen and oxygen atoms in total. The van der Waals surface area contributed by atoms with Gasteiger partial charge in [0.05, 0.1) is 17.3 Å². The van der Waals surface area contributed by atoms with Crippen molar-refractivity contribution in [2.75, 3.05) is 30.3 Å². The Balaban J connectivity index is 2.78. The third kappa shape index (κ3) is 3.58. The molecule has 0 bridgehead atoms. The Morgan fingerprint density at radius 2 is 2.13 bits per heavy atom. The molecule has 1 radical (unpaired) electrons. The zero-order valence-electron chi connectivity index (χ0n) is 8.29. The van der Waals surface area contributed by atoms with Crippen LogP contribution in [0.3, 0.4) is 0 Å². The molecule has 7 heteroatoms. The zero-order valence-corrected chi connectivity index (χ0v) is 9.93. The highest BCUT2D eigenvalue weighted by atomic mass is 32.2. The lowest BCUT2D eigenvalue weighted by Crippen LogP contribution is -2.35. The van der Waals surface area contributed by atoms with Crippen molar-refractivity contribution in [2.45, 2.75) is 0 Å². The van der Waals surface area contributed by atoms with Gasteiger partial charge in [0, 0.05) is 13.1 Å². The zero-order chi connectivity index (χ0) is 11.5. The molecule has 1 rings (SSSR count). The fraction of sp³-hybridized carbons (Fsp3) is 0.625. The van der Waals surface area contributed by atoms with Crippen molar-refractivity contribution in [1.29, 1.82) is 0 Å². The summed E-state index contributed by atoms with van der Waals surface area (Å²) in [6.07, 6.45) is 2.78. The Morgan fingerprint density at radius 1 is 1.47 bits per heavy atom. The summed E-state index contributed by atoms with van der Waals surface area (Å²) in [5, 5.41) is 0. The van der Waals surface area contributed by atoms with E-state index in [-0.39, 0.29) is 30.3 Å². The molecule has 0 aromatic carbocycles. The van der Waals surface area contributed by atoms with Crippen molar-refractivity contribution in [3.05, 3.63) is 19.1 Å². The number of hydrogen-bond donors (Lipinski definition) is 0. The van der Waals surface area contributed by atoms with E-state index in [2.05, 4.69) is 6.58 Å². The van der Waals surface area contributed by atoms with E-state index in [0.29, 0.717) is 0 Å². The molecular weight excluding hydrogens is 238 g/mol. The molecule has 0 N–H and O–H groups in total. The summed E-state index contributed by atoms with van der Waals surface area (Å²) in [6.45, 7) is 3.56. The van der Waals surface area contributed by atoms with Crippen molar-refractivity contribution in [2.24, 2.45) is 0 Å². The third-order valence-corrected chi connectivity index (χ3v) is 5.40. The molecule has 0 amide bonds. The molecular formula is C8H14NO4S2. The van der Waals surface area contributed by atoms with Gasteiger partial charge in [0.25, 0.3) is 0 Å². The van der Waals surface area contributed by atoms with Gasteiger partial charge < -0.3 is 0 Å². The molecule has 0 aromatic rings. The van der Waals surface area contributed by atoms with Gasteiger partial charge in [0.2, 0.25) is 10.0 Å². The predicted molar refractivity (Wildman–Crippen MR) is 58.5 cm³/mol. The summed E-state index contributed by atoms with van der Waals surface area (Å²) >= 11 is 0. The fourth-order valence-corrected chi connectivity index (χ4v) is 3.75. The van der Waals surface area contributed by atoms with Gasteiger partial charge in [-0.2, -0.15) is 0 Å². The van der Waals surface area contributed by atoms with Crippen LogP contribution in [0.4, 0.5) is 0 Å². The maximum atomic E-state index is 11.6. The predicted octanol–water partition coefficient (Wildman–Crippen LogP) is -0.563. The van der Waals surface area contributed by atoms with Crippen LogP contribution >= 0.6 is 0 Å². The maximum absolute atomic E-state index is 11.6. The summed E-state index contributed by atoms with van der Waals surface area (Å²) in [5.41, 5.74) is 0. The van der Waals surface area contributed by atoms with Gasteiger partial charge in [-0.3, -0.25) is 0 Å². The molecule has 0 unspecified atom stereocenters. The quantitative estimate of drug-likeness (QED) is 0.631. The van der Waals surface area contributed by atoms with Crippen molar-refractivity contribution < 1.29 is 16.8 Å². The third-order valence-electron chi connectivity index (χ3n) is 2.08. The van der Waals surface area contributed by atoms with Crippen LogP contribution < -0.4 is 0 Å². The average molecular weight is 252 g/mol. The van der Waals surface area contributed by atoms with E-state index >= 15 is 0 Å².